The maximum atomic E-state index is 5.61. The van der Waals surface area contributed by atoms with Crippen LogP contribution in [0.25, 0.3) is 0 Å². The quantitative estimate of drug-likeness (QED) is 0.904. The molecule has 19 heavy (non-hydrogen) atoms. The van der Waals surface area contributed by atoms with Gasteiger partial charge in [-0.05, 0) is 56.0 Å². The molecule has 1 fully saturated rings. The zero-order chi connectivity index (χ0) is 13.1. The minimum atomic E-state index is 0.776. The van der Waals surface area contributed by atoms with Gasteiger partial charge in [0, 0.05) is 13.1 Å². The summed E-state index contributed by atoms with van der Waals surface area (Å²) in [5.41, 5.74) is 2.58. The molecule has 2 aliphatic heterocycles. The Hall–Kier alpha value is -1.22. The normalized spacial score (nSPS) is 20.5. The van der Waals surface area contributed by atoms with E-state index in [1.807, 2.05) is 0 Å². The Kier molecular flexibility index (Phi) is 3.92. The van der Waals surface area contributed by atoms with Crippen molar-refractivity contribution in [1.82, 2.24) is 4.90 Å². The SMILES string of the molecule is CC1CCN(CCc2ccc3c(c2)NCCO3)CC1. The molecule has 1 aromatic carbocycles. The lowest BCUT2D eigenvalue weighted by molar-refractivity contribution is 0.194. The molecule has 0 atom stereocenters. The molecule has 0 aromatic heterocycles. The van der Waals surface area contributed by atoms with E-state index in [0.29, 0.717) is 0 Å². The molecule has 0 radical (unpaired) electrons. The highest BCUT2D eigenvalue weighted by Crippen LogP contribution is 2.28. The van der Waals surface area contributed by atoms with Crippen molar-refractivity contribution in [2.75, 3.05) is 38.1 Å². The third-order valence-electron chi connectivity index (χ3n) is 4.31. The Balaban J connectivity index is 1.55. The van der Waals surface area contributed by atoms with Crippen molar-refractivity contribution in [2.45, 2.75) is 26.2 Å². The molecule has 1 N–H and O–H groups in total. The first-order valence-corrected chi connectivity index (χ1v) is 7.53. The van der Waals surface area contributed by atoms with Gasteiger partial charge in [-0.15, -0.1) is 0 Å². The van der Waals surface area contributed by atoms with Crippen LogP contribution >= 0.6 is 0 Å². The van der Waals surface area contributed by atoms with Gasteiger partial charge in [-0.1, -0.05) is 13.0 Å². The summed E-state index contributed by atoms with van der Waals surface area (Å²) in [6, 6.07) is 6.56. The van der Waals surface area contributed by atoms with E-state index in [-0.39, 0.29) is 0 Å². The van der Waals surface area contributed by atoms with Gasteiger partial charge in [0.2, 0.25) is 0 Å². The van der Waals surface area contributed by atoms with Crippen LogP contribution in [0.3, 0.4) is 0 Å². The number of fused-ring (bicyclic) bond motifs is 1. The van der Waals surface area contributed by atoms with Crippen LogP contribution in [0.4, 0.5) is 5.69 Å². The van der Waals surface area contributed by atoms with Crippen molar-refractivity contribution >= 4 is 5.69 Å². The van der Waals surface area contributed by atoms with Crippen molar-refractivity contribution in [3.05, 3.63) is 23.8 Å². The molecule has 3 rings (SSSR count). The zero-order valence-electron chi connectivity index (χ0n) is 11.8. The molecule has 0 unspecified atom stereocenters. The van der Waals surface area contributed by atoms with E-state index in [1.165, 1.54) is 38.0 Å². The van der Waals surface area contributed by atoms with Gasteiger partial charge in [-0.25, -0.2) is 0 Å². The Labute approximate surface area is 115 Å². The monoisotopic (exact) mass is 260 g/mol. The smallest absolute Gasteiger partial charge is 0.142 e. The van der Waals surface area contributed by atoms with Gasteiger partial charge in [0.1, 0.15) is 12.4 Å². The minimum absolute atomic E-state index is 0.776. The van der Waals surface area contributed by atoms with Crippen LogP contribution in [-0.4, -0.2) is 37.7 Å². The molecule has 3 nitrogen and oxygen atoms in total. The standard InChI is InChI=1S/C16H24N2O/c1-13-4-8-18(9-5-13)10-6-14-2-3-16-15(12-14)17-7-11-19-16/h2-3,12-13,17H,4-11H2,1H3. The molecule has 104 valence electrons. The molecule has 0 spiro atoms. The lowest BCUT2D eigenvalue weighted by Crippen LogP contribution is -2.34. The second kappa shape index (κ2) is 5.83. The highest BCUT2D eigenvalue weighted by molar-refractivity contribution is 5.59. The first kappa shape index (κ1) is 12.8. The number of hydrogen-bond donors (Lipinski definition) is 1. The first-order valence-electron chi connectivity index (χ1n) is 7.53. The van der Waals surface area contributed by atoms with Crippen molar-refractivity contribution < 1.29 is 4.74 Å². The highest BCUT2D eigenvalue weighted by Gasteiger charge is 2.15. The number of rotatable bonds is 3. The van der Waals surface area contributed by atoms with Gasteiger partial charge in [0.15, 0.2) is 0 Å². The molecule has 1 saturated heterocycles. The van der Waals surface area contributed by atoms with Crippen LogP contribution in [0.5, 0.6) is 5.75 Å². The van der Waals surface area contributed by atoms with Gasteiger partial charge >= 0.3 is 0 Å². The summed E-state index contributed by atoms with van der Waals surface area (Å²) in [7, 11) is 0. The Morgan fingerprint density at radius 3 is 3.00 bits per heavy atom. The summed E-state index contributed by atoms with van der Waals surface area (Å²) in [5, 5.41) is 3.41. The summed E-state index contributed by atoms with van der Waals surface area (Å²) < 4.78 is 5.61. The molecule has 0 bridgehead atoms. The van der Waals surface area contributed by atoms with Gasteiger partial charge in [0.05, 0.1) is 5.69 Å². The van der Waals surface area contributed by atoms with Crippen molar-refractivity contribution in [3.63, 3.8) is 0 Å². The zero-order valence-corrected chi connectivity index (χ0v) is 11.8. The topological polar surface area (TPSA) is 24.5 Å². The lowest BCUT2D eigenvalue weighted by atomic mass is 9.99. The number of hydrogen-bond acceptors (Lipinski definition) is 3. The molecular weight excluding hydrogens is 236 g/mol. The fourth-order valence-electron chi connectivity index (χ4n) is 2.92. The number of anilines is 1. The fraction of sp³-hybridized carbons (Fsp3) is 0.625. The number of nitrogens with one attached hydrogen (secondary N) is 1. The lowest BCUT2D eigenvalue weighted by Gasteiger charge is -2.30. The van der Waals surface area contributed by atoms with Crippen LogP contribution in [-0.2, 0) is 6.42 Å². The average molecular weight is 260 g/mol. The van der Waals surface area contributed by atoms with E-state index in [4.69, 9.17) is 4.74 Å². The van der Waals surface area contributed by atoms with Crippen molar-refractivity contribution in [3.8, 4) is 5.75 Å². The second-order valence-electron chi connectivity index (χ2n) is 5.88. The van der Waals surface area contributed by atoms with E-state index >= 15 is 0 Å². The number of likely N-dealkylation sites (tertiary alicyclic amines) is 1. The predicted octanol–water partition coefficient (Wildman–Crippen LogP) is 2.77. The summed E-state index contributed by atoms with van der Waals surface area (Å²) in [5.74, 6) is 1.92. The second-order valence-corrected chi connectivity index (χ2v) is 5.88. The number of nitrogens with zero attached hydrogens (tertiary/aromatic N) is 1. The summed E-state index contributed by atoms with van der Waals surface area (Å²) in [6.07, 6.45) is 3.86. The number of piperidine rings is 1. The van der Waals surface area contributed by atoms with Crippen molar-refractivity contribution in [1.29, 1.82) is 0 Å². The molecular formula is C16H24N2O. The Bertz CT molecular complexity index is 425. The first-order chi connectivity index (χ1) is 9.31. The van der Waals surface area contributed by atoms with Crippen LogP contribution in [0.1, 0.15) is 25.3 Å². The van der Waals surface area contributed by atoms with E-state index < -0.39 is 0 Å². The largest absolute Gasteiger partial charge is 0.490 e. The maximum absolute atomic E-state index is 5.61. The minimum Gasteiger partial charge on any atom is -0.490 e. The fourth-order valence-corrected chi connectivity index (χ4v) is 2.92. The Morgan fingerprint density at radius 2 is 2.16 bits per heavy atom. The van der Waals surface area contributed by atoms with E-state index in [9.17, 15) is 0 Å². The van der Waals surface area contributed by atoms with Gasteiger partial charge < -0.3 is 15.0 Å². The highest BCUT2D eigenvalue weighted by atomic mass is 16.5. The summed E-state index contributed by atoms with van der Waals surface area (Å²) in [4.78, 5) is 2.60. The third kappa shape index (κ3) is 3.21. The van der Waals surface area contributed by atoms with Gasteiger partial charge in [-0.3, -0.25) is 0 Å². The average Bonchev–Trinajstić information content (AvgIpc) is 2.46. The summed E-state index contributed by atoms with van der Waals surface area (Å²) in [6.45, 7) is 7.79. The number of benzene rings is 1. The summed E-state index contributed by atoms with van der Waals surface area (Å²) >= 11 is 0. The third-order valence-corrected chi connectivity index (χ3v) is 4.31. The molecule has 0 saturated carbocycles. The van der Waals surface area contributed by atoms with E-state index in [2.05, 4.69) is 35.3 Å². The van der Waals surface area contributed by atoms with E-state index in [0.717, 1.165) is 36.9 Å². The molecule has 1 aromatic rings. The van der Waals surface area contributed by atoms with Crippen LogP contribution < -0.4 is 10.1 Å². The Morgan fingerprint density at radius 1 is 1.32 bits per heavy atom. The molecule has 0 aliphatic carbocycles. The number of ether oxygens (including phenoxy) is 1. The van der Waals surface area contributed by atoms with Crippen molar-refractivity contribution in [2.24, 2.45) is 5.92 Å². The van der Waals surface area contributed by atoms with Crippen LogP contribution in [0.15, 0.2) is 18.2 Å². The maximum Gasteiger partial charge on any atom is 0.142 e. The molecule has 0 amide bonds. The van der Waals surface area contributed by atoms with E-state index in [1.54, 1.807) is 0 Å². The van der Waals surface area contributed by atoms with Crippen LogP contribution in [0, 0.1) is 5.92 Å². The van der Waals surface area contributed by atoms with Gasteiger partial charge in [-0.2, -0.15) is 0 Å². The molecule has 2 heterocycles. The predicted molar refractivity (Wildman–Crippen MR) is 79.0 cm³/mol. The van der Waals surface area contributed by atoms with Gasteiger partial charge in [0.25, 0.3) is 0 Å². The molecule has 2 aliphatic rings. The van der Waals surface area contributed by atoms with Crippen LogP contribution in [0.2, 0.25) is 0 Å². The molecule has 3 heteroatoms.